The van der Waals surface area contributed by atoms with Crippen molar-refractivity contribution in [1.82, 2.24) is 4.90 Å². The molecule has 0 atom stereocenters. The van der Waals surface area contributed by atoms with E-state index >= 15 is 0 Å². The van der Waals surface area contributed by atoms with E-state index < -0.39 is 17.5 Å². The first kappa shape index (κ1) is 15.5. The van der Waals surface area contributed by atoms with Gasteiger partial charge >= 0.3 is 0 Å². The van der Waals surface area contributed by atoms with E-state index in [2.05, 4.69) is 5.32 Å². The molecule has 0 aromatic heterocycles. The van der Waals surface area contributed by atoms with Crippen molar-refractivity contribution in [3.8, 4) is 0 Å². The molecule has 4 nitrogen and oxygen atoms in total. The van der Waals surface area contributed by atoms with Crippen molar-refractivity contribution in [3.63, 3.8) is 0 Å². The third-order valence-corrected chi connectivity index (χ3v) is 2.67. The number of hydrogen-bond donors (Lipinski definition) is 2. The van der Waals surface area contributed by atoms with Crippen LogP contribution in [0.3, 0.4) is 0 Å². The van der Waals surface area contributed by atoms with E-state index in [1.165, 1.54) is 0 Å². The molecule has 19 heavy (non-hydrogen) atoms. The molecule has 0 bridgehead atoms. The zero-order valence-corrected chi connectivity index (χ0v) is 11.0. The SMILES string of the molecule is CC(C)N(CCO)CC(=O)Nc1cc(F)ccc1F. The lowest BCUT2D eigenvalue weighted by Gasteiger charge is -2.24. The van der Waals surface area contributed by atoms with Gasteiger partial charge in [0.25, 0.3) is 0 Å². The lowest BCUT2D eigenvalue weighted by Crippen LogP contribution is -2.39. The number of aliphatic hydroxyl groups excluding tert-OH is 1. The van der Waals surface area contributed by atoms with Crippen molar-refractivity contribution >= 4 is 11.6 Å². The number of nitrogens with zero attached hydrogens (tertiary/aromatic N) is 1. The summed E-state index contributed by atoms with van der Waals surface area (Å²) in [6.07, 6.45) is 0. The van der Waals surface area contributed by atoms with Crippen molar-refractivity contribution < 1.29 is 18.7 Å². The molecule has 0 saturated carbocycles. The average molecular weight is 272 g/mol. The van der Waals surface area contributed by atoms with Gasteiger partial charge in [-0.15, -0.1) is 0 Å². The molecule has 0 fully saturated rings. The van der Waals surface area contributed by atoms with Crippen LogP contribution in [-0.2, 0) is 4.79 Å². The quantitative estimate of drug-likeness (QED) is 0.827. The van der Waals surface area contributed by atoms with Crippen LogP contribution in [0.15, 0.2) is 18.2 Å². The number of nitrogens with one attached hydrogen (secondary N) is 1. The molecule has 0 aliphatic rings. The molecule has 0 spiro atoms. The second kappa shape index (κ2) is 7.16. The minimum absolute atomic E-state index is 0.00812. The Labute approximate surface area is 111 Å². The topological polar surface area (TPSA) is 52.6 Å². The summed E-state index contributed by atoms with van der Waals surface area (Å²) in [5, 5.41) is 11.2. The Morgan fingerprint density at radius 3 is 2.68 bits per heavy atom. The number of rotatable bonds is 6. The number of halogens is 2. The summed E-state index contributed by atoms with van der Waals surface area (Å²) in [7, 11) is 0. The van der Waals surface area contributed by atoms with Gasteiger partial charge < -0.3 is 10.4 Å². The third kappa shape index (κ3) is 4.92. The van der Waals surface area contributed by atoms with E-state index in [4.69, 9.17) is 5.11 Å². The summed E-state index contributed by atoms with van der Waals surface area (Å²) in [5.74, 6) is -1.76. The number of amides is 1. The highest BCUT2D eigenvalue weighted by molar-refractivity contribution is 5.92. The molecule has 0 radical (unpaired) electrons. The average Bonchev–Trinajstić information content (AvgIpc) is 2.33. The Hall–Kier alpha value is -1.53. The lowest BCUT2D eigenvalue weighted by molar-refractivity contribution is -0.117. The first-order valence-electron chi connectivity index (χ1n) is 6.04. The fraction of sp³-hybridized carbons (Fsp3) is 0.462. The molecular formula is C13H18F2N2O2. The van der Waals surface area contributed by atoms with Crippen LogP contribution in [-0.4, -0.2) is 41.7 Å². The number of anilines is 1. The van der Waals surface area contributed by atoms with E-state index in [1.807, 2.05) is 13.8 Å². The smallest absolute Gasteiger partial charge is 0.238 e. The highest BCUT2D eigenvalue weighted by Gasteiger charge is 2.15. The summed E-state index contributed by atoms with van der Waals surface area (Å²) in [5.41, 5.74) is -0.183. The van der Waals surface area contributed by atoms with Gasteiger partial charge in [-0.3, -0.25) is 9.69 Å². The Balaban J connectivity index is 2.66. The maximum absolute atomic E-state index is 13.3. The van der Waals surface area contributed by atoms with E-state index in [1.54, 1.807) is 4.90 Å². The summed E-state index contributed by atoms with van der Waals surface area (Å²) < 4.78 is 26.3. The van der Waals surface area contributed by atoms with Crippen molar-refractivity contribution in [2.45, 2.75) is 19.9 Å². The number of carbonyl (C=O) groups is 1. The van der Waals surface area contributed by atoms with E-state index in [-0.39, 0.29) is 24.9 Å². The fourth-order valence-corrected chi connectivity index (χ4v) is 1.62. The van der Waals surface area contributed by atoms with Crippen molar-refractivity contribution in [3.05, 3.63) is 29.8 Å². The Morgan fingerprint density at radius 2 is 2.11 bits per heavy atom. The van der Waals surface area contributed by atoms with Gasteiger partial charge in [-0.25, -0.2) is 8.78 Å². The fourth-order valence-electron chi connectivity index (χ4n) is 1.62. The molecule has 0 aliphatic carbocycles. The van der Waals surface area contributed by atoms with Gasteiger partial charge in [0.05, 0.1) is 18.8 Å². The normalized spacial score (nSPS) is 11.1. The van der Waals surface area contributed by atoms with Crippen molar-refractivity contribution in [1.29, 1.82) is 0 Å². The molecule has 0 heterocycles. The summed E-state index contributed by atoms with van der Waals surface area (Å²) in [6.45, 7) is 4.04. The van der Waals surface area contributed by atoms with Crippen LogP contribution in [0.25, 0.3) is 0 Å². The summed E-state index contributed by atoms with van der Waals surface area (Å²) >= 11 is 0. The molecule has 106 valence electrons. The summed E-state index contributed by atoms with van der Waals surface area (Å²) in [4.78, 5) is 13.5. The van der Waals surface area contributed by atoms with Crippen LogP contribution >= 0.6 is 0 Å². The Kier molecular flexibility index (Phi) is 5.85. The third-order valence-electron chi connectivity index (χ3n) is 2.67. The van der Waals surface area contributed by atoms with Crippen molar-refractivity contribution in [2.24, 2.45) is 0 Å². The first-order valence-corrected chi connectivity index (χ1v) is 6.04. The predicted molar refractivity (Wildman–Crippen MR) is 68.8 cm³/mol. The zero-order chi connectivity index (χ0) is 14.4. The molecule has 2 N–H and O–H groups in total. The predicted octanol–water partition coefficient (Wildman–Crippen LogP) is 1.61. The van der Waals surface area contributed by atoms with Gasteiger partial charge in [0, 0.05) is 18.7 Å². The van der Waals surface area contributed by atoms with E-state index in [9.17, 15) is 13.6 Å². The lowest BCUT2D eigenvalue weighted by atomic mass is 10.2. The van der Waals surface area contributed by atoms with Crippen LogP contribution in [0, 0.1) is 11.6 Å². The second-order valence-electron chi connectivity index (χ2n) is 4.46. The van der Waals surface area contributed by atoms with Gasteiger partial charge in [-0.2, -0.15) is 0 Å². The van der Waals surface area contributed by atoms with Crippen LogP contribution in [0.2, 0.25) is 0 Å². The Morgan fingerprint density at radius 1 is 1.42 bits per heavy atom. The molecule has 1 aromatic rings. The van der Waals surface area contributed by atoms with Crippen LogP contribution in [0.5, 0.6) is 0 Å². The van der Waals surface area contributed by atoms with Gasteiger partial charge in [0.1, 0.15) is 11.6 Å². The molecular weight excluding hydrogens is 254 g/mol. The zero-order valence-electron chi connectivity index (χ0n) is 11.0. The molecule has 1 aromatic carbocycles. The number of benzene rings is 1. The summed E-state index contributed by atoms with van der Waals surface area (Å²) in [6, 6.07) is 2.94. The minimum atomic E-state index is -0.687. The van der Waals surface area contributed by atoms with E-state index in [0.29, 0.717) is 6.54 Å². The van der Waals surface area contributed by atoms with E-state index in [0.717, 1.165) is 18.2 Å². The highest BCUT2D eigenvalue weighted by atomic mass is 19.1. The van der Waals surface area contributed by atoms with Gasteiger partial charge in [0.2, 0.25) is 5.91 Å². The number of aliphatic hydroxyl groups is 1. The monoisotopic (exact) mass is 272 g/mol. The molecule has 1 amide bonds. The largest absolute Gasteiger partial charge is 0.395 e. The standard InChI is InChI=1S/C13H18F2N2O2/c1-9(2)17(5-6-18)8-13(19)16-12-7-10(14)3-4-11(12)15/h3-4,7,9,18H,5-6,8H2,1-2H3,(H,16,19). The van der Waals surface area contributed by atoms with Crippen molar-refractivity contribution in [2.75, 3.05) is 25.0 Å². The molecule has 0 saturated heterocycles. The number of hydrogen-bond acceptors (Lipinski definition) is 3. The van der Waals surface area contributed by atoms with Gasteiger partial charge in [0.15, 0.2) is 0 Å². The molecule has 6 heteroatoms. The Bertz CT molecular complexity index is 439. The maximum Gasteiger partial charge on any atom is 0.238 e. The van der Waals surface area contributed by atoms with Crippen LogP contribution in [0.1, 0.15) is 13.8 Å². The molecule has 1 rings (SSSR count). The van der Waals surface area contributed by atoms with Gasteiger partial charge in [-0.1, -0.05) is 0 Å². The van der Waals surface area contributed by atoms with Crippen LogP contribution in [0.4, 0.5) is 14.5 Å². The molecule has 0 unspecified atom stereocenters. The second-order valence-corrected chi connectivity index (χ2v) is 4.46. The van der Waals surface area contributed by atoms with Crippen LogP contribution < -0.4 is 5.32 Å². The first-order chi connectivity index (χ1) is 8.93. The highest BCUT2D eigenvalue weighted by Crippen LogP contribution is 2.15. The molecule has 0 aliphatic heterocycles. The maximum atomic E-state index is 13.3. The minimum Gasteiger partial charge on any atom is -0.395 e. The van der Waals surface area contributed by atoms with Gasteiger partial charge in [-0.05, 0) is 26.0 Å². The number of carbonyl (C=O) groups excluding carboxylic acids is 1.